The van der Waals surface area contributed by atoms with E-state index in [2.05, 4.69) is 184 Å². The molecule has 0 saturated heterocycles. The van der Waals surface area contributed by atoms with Crippen LogP contribution in [0.5, 0.6) is 0 Å². The molecule has 56 heavy (non-hydrogen) atoms. The summed E-state index contributed by atoms with van der Waals surface area (Å²) >= 11 is 0. The Kier molecular flexibility index (Phi) is 8.30. The Morgan fingerprint density at radius 3 is 1.50 bits per heavy atom. The molecule has 9 aromatic carbocycles. The van der Waals surface area contributed by atoms with Gasteiger partial charge in [0.1, 0.15) is 0 Å². The van der Waals surface area contributed by atoms with Crippen molar-refractivity contribution in [3.8, 4) is 33.4 Å². The number of H-pyrrole nitrogens is 1. The number of imidazole rings is 1. The Balaban J connectivity index is 1.09. The first kappa shape index (κ1) is 33.1. The van der Waals surface area contributed by atoms with E-state index in [1.165, 1.54) is 38.2 Å². The van der Waals surface area contributed by atoms with Crippen LogP contribution in [0.3, 0.4) is 0 Å². The lowest BCUT2D eigenvalue weighted by molar-refractivity contribution is -0.115. The molecule has 5 nitrogen and oxygen atoms in total. The van der Waals surface area contributed by atoms with Gasteiger partial charge in [-0.3, -0.25) is 4.79 Å². The lowest BCUT2D eigenvalue weighted by atomic mass is 9.86. The van der Waals surface area contributed by atoms with E-state index in [1.54, 1.807) is 12.5 Å². The van der Waals surface area contributed by atoms with Crippen molar-refractivity contribution in [2.45, 2.75) is 6.42 Å². The van der Waals surface area contributed by atoms with Crippen molar-refractivity contribution in [1.29, 1.82) is 0 Å². The first-order valence-corrected chi connectivity index (χ1v) is 18.9. The van der Waals surface area contributed by atoms with Gasteiger partial charge in [0.15, 0.2) is 0 Å². The van der Waals surface area contributed by atoms with E-state index in [1.807, 2.05) is 12.1 Å². The van der Waals surface area contributed by atoms with Gasteiger partial charge in [-0.1, -0.05) is 152 Å². The van der Waals surface area contributed by atoms with Gasteiger partial charge in [-0.15, -0.1) is 0 Å². The monoisotopic (exact) mass is 720 g/mol. The van der Waals surface area contributed by atoms with Gasteiger partial charge in [-0.05, 0) is 89.6 Å². The Bertz CT molecular complexity index is 3000. The van der Waals surface area contributed by atoms with E-state index in [4.69, 9.17) is 0 Å². The summed E-state index contributed by atoms with van der Waals surface area (Å²) in [5, 5.41) is 16.3. The van der Waals surface area contributed by atoms with E-state index in [0.29, 0.717) is 5.69 Å². The molecule has 0 fully saturated rings. The number of benzene rings is 9. The SMILES string of the molecule is O=C(Cc1c[nH]cn1)Nc1ccc2ccccc2c1-c1c(Nc2ccc(-c3c4ccccc4c(-c4ccccc4)c4ccccc34)cc2)ccc2ccccc12. The molecule has 10 aromatic rings. The highest BCUT2D eigenvalue weighted by Gasteiger charge is 2.20. The van der Waals surface area contributed by atoms with Gasteiger partial charge in [0.25, 0.3) is 0 Å². The van der Waals surface area contributed by atoms with Crippen molar-refractivity contribution in [1.82, 2.24) is 9.97 Å². The van der Waals surface area contributed by atoms with Crippen molar-refractivity contribution >= 4 is 66.1 Å². The van der Waals surface area contributed by atoms with Gasteiger partial charge in [0.05, 0.1) is 18.4 Å². The standard InChI is InChI=1S/C51H36N4O/c56-47(30-38-31-52-32-53-38)55-46-29-25-34-13-5-7-17-40(34)51(46)50-39-16-6-4-12-33(39)24-28-45(50)54-37-26-22-36(23-27-37)49-43-20-10-8-18-41(43)48(35-14-2-1-3-15-35)42-19-9-11-21-44(42)49/h1-29,31-32,54H,30H2,(H,52,53)(H,55,56). The minimum Gasteiger partial charge on any atom is -0.355 e. The molecule has 0 unspecified atom stereocenters. The van der Waals surface area contributed by atoms with Gasteiger partial charge in [-0.25, -0.2) is 4.98 Å². The van der Waals surface area contributed by atoms with Crippen molar-refractivity contribution in [2.75, 3.05) is 10.6 Å². The third kappa shape index (κ3) is 5.92. The molecule has 0 radical (unpaired) electrons. The number of fused-ring (bicyclic) bond motifs is 4. The van der Waals surface area contributed by atoms with Gasteiger partial charge in [0.2, 0.25) is 5.91 Å². The number of nitrogens with one attached hydrogen (secondary N) is 3. The Morgan fingerprint density at radius 2 is 0.946 bits per heavy atom. The van der Waals surface area contributed by atoms with Crippen LogP contribution in [0.2, 0.25) is 0 Å². The molecule has 0 spiro atoms. The zero-order chi connectivity index (χ0) is 37.4. The van der Waals surface area contributed by atoms with Crippen LogP contribution in [0.15, 0.2) is 188 Å². The maximum Gasteiger partial charge on any atom is 0.230 e. The molecule has 1 aromatic heterocycles. The number of amides is 1. The number of hydrogen-bond acceptors (Lipinski definition) is 3. The summed E-state index contributed by atoms with van der Waals surface area (Å²) in [6.45, 7) is 0. The maximum atomic E-state index is 13.5. The van der Waals surface area contributed by atoms with Gasteiger partial charge < -0.3 is 15.6 Å². The smallest absolute Gasteiger partial charge is 0.230 e. The van der Waals surface area contributed by atoms with Crippen LogP contribution >= 0.6 is 0 Å². The molecule has 0 saturated carbocycles. The number of carbonyl (C=O) groups excluding carboxylic acids is 1. The van der Waals surface area contributed by atoms with Crippen LogP contribution in [0, 0.1) is 0 Å². The Hall–Kier alpha value is -7.50. The van der Waals surface area contributed by atoms with Gasteiger partial charge in [0, 0.05) is 34.4 Å². The summed E-state index contributed by atoms with van der Waals surface area (Å²) in [4.78, 5) is 20.7. The third-order valence-corrected chi connectivity index (χ3v) is 10.7. The minimum atomic E-state index is -0.129. The fourth-order valence-corrected chi connectivity index (χ4v) is 8.27. The highest BCUT2D eigenvalue weighted by Crippen LogP contribution is 2.46. The first-order chi connectivity index (χ1) is 27.7. The second kappa shape index (κ2) is 14.0. The molecule has 3 N–H and O–H groups in total. The van der Waals surface area contributed by atoms with Gasteiger partial charge >= 0.3 is 0 Å². The second-order valence-electron chi connectivity index (χ2n) is 14.1. The minimum absolute atomic E-state index is 0.129. The van der Waals surface area contributed by atoms with E-state index >= 15 is 0 Å². The molecular formula is C51H36N4O. The second-order valence-corrected chi connectivity index (χ2v) is 14.1. The van der Waals surface area contributed by atoms with Gasteiger partial charge in [-0.2, -0.15) is 0 Å². The average molecular weight is 721 g/mol. The van der Waals surface area contributed by atoms with Crippen molar-refractivity contribution in [2.24, 2.45) is 0 Å². The highest BCUT2D eigenvalue weighted by atomic mass is 16.1. The van der Waals surface area contributed by atoms with E-state index in [0.717, 1.165) is 55.3 Å². The molecule has 10 rings (SSSR count). The molecule has 0 atom stereocenters. The zero-order valence-electron chi connectivity index (χ0n) is 30.5. The summed E-state index contributed by atoms with van der Waals surface area (Å²) < 4.78 is 0. The van der Waals surface area contributed by atoms with Crippen LogP contribution in [0.25, 0.3) is 76.5 Å². The van der Waals surface area contributed by atoms with Crippen LogP contribution in [0.1, 0.15) is 5.69 Å². The molecule has 0 aliphatic rings. The number of aromatic amines is 1. The fourth-order valence-electron chi connectivity index (χ4n) is 8.27. The molecule has 5 heteroatoms. The summed E-state index contributed by atoms with van der Waals surface area (Å²) in [6.07, 6.45) is 3.52. The predicted octanol–water partition coefficient (Wildman–Crippen LogP) is 12.9. The van der Waals surface area contributed by atoms with E-state index < -0.39 is 0 Å². The number of anilines is 3. The molecule has 1 amide bonds. The topological polar surface area (TPSA) is 69.8 Å². The normalized spacial score (nSPS) is 11.4. The summed E-state index contributed by atoms with van der Waals surface area (Å²) in [6, 6.07) is 62.1. The molecule has 0 bridgehead atoms. The predicted molar refractivity (Wildman–Crippen MR) is 233 cm³/mol. The summed E-state index contributed by atoms with van der Waals surface area (Å²) in [5.74, 6) is -0.129. The lowest BCUT2D eigenvalue weighted by Crippen LogP contribution is -2.15. The maximum absolute atomic E-state index is 13.5. The summed E-state index contributed by atoms with van der Waals surface area (Å²) in [7, 11) is 0. The van der Waals surface area contributed by atoms with Crippen LogP contribution in [-0.2, 0) is 11.2 Å². The van der Waals surface area contributed by atoms with E-state index in [9.17, 15) is 4.79 Å². The summed E-state index contributed by atoms with van der Waals surface area (Å²) in [5.41, 5.74) is 10.2. The molecule has 0 aliphatic heterocycles. The average Bonchev–Trinajstić information content (AvgIpc) is 3.76. The van der Waals surface area contributed by atoms with Crippen molar-refractivity contribution in [3.63, 3.8) is 0 Å². The van der Waals surface area contributed by atoms with Crippen molar-refractivity contribution < 1.29 is 4.79 Å². The lowest BCUT2D eigenvalue weighted by Gasteiger charge is -2.21. The fraction of sp³-hybridized carbons (Fsp3) is 0.0196. The number of hydrogen-bond donors (Lipinski definition) is 3. The van der Waals surface area contributed by atoms with Crippen molar-refractivity contribution in [3.05, 3.63) is 194 Å². The van der Waals surface area contributed by atoms with Crippen LogP contribution < -0.4 is 10.6 Å². The molecule has 266 valence electrons. The molecule has 1 heterocycles. The quantitative estimate of drug-likeness (QED) is 0.137. The number of carbonyl (C=O) groups is 1. The largest absolute Gasteiger partial charge is 0.355 e. The van der Waals surface area contributed by atoms with Crippen LogP contribution in [0.4, 0.5) is 17.1 Å². The first-order valence-electron chi connectivity index (χ1n) is 18.9. The number of aromatic nitrogens is 2. The number of nitrogens with zero attached hydrogens (tertiary/aromatic N) is 1. The zero-order valence-corrected chi connectivity index (χ0v) is 30.5. The van der Waals surface area contributed by atoms with Crippen LogP contribution in [-0.4, -0.2) is 15.9 Å². The highest BCUT2D eigenvalue weighted by molar-refractivity contribution is 6.21. The molecule has 0 aliphatic carbocycles. The Morgan fingerprint density at radius 1 is 0.464 bits per heavy atom. The number of rotatable bonds is 8. The van der Waals surface area contributed by atoms with E-state index in [-0.39, 0.29) is 12.3 Å². The Labute approximate surface area is 324 Å². The third-order valence-electron chi connectivity index (χ3n) is 10.7. The molecular weight excluding hydrogens is 685 g/mol.